The smallest absolute Gasteiger partial charge is 0.238 e. The van der Waals surface area contributed by atoms with Crippen LogP contribution in [0.2, 0.25) is 0 Å². The van der Waals surface area contributed by atoms with Crippen molar-refractivity contribution >= 4 is 15.9 Å². The van der Waals surface area contributed by atoms with Gasteiger partial charge in [-0.05, 0) is 25.2 Å². The number of rotatable bonds is 7. The van der Waals surface area contributed by atoms with Gasteiger partial charge in [0.25, 0.3) is 0 Å². The molecule has 0 aromatic heterocycles. The molecule has 2 atom stereocenters. The molecule has 0 aliphatic carbocycles. The van der Waals surface area contributed by atoms with E-state index in [0.717, 1.165) is 25.5 Å². The number of hydrogen-bond donors (Lipinski definition) is 2. The summed E-state index contributed by atoms with van der Waals surface area (Å²) in [5, 5.41) is 11.8. The maximum Gasteiger partial charge on any atom is 0.238 e. The first kappa shape index (κ1) is 17.4. The van der Waals surface area contributed by atoms with Gasteiger partial charge in [0, 0.05) is 19.7 Å². The molecular formula is C13H26N2O4S. The van der Waals surface area contributed by atoms with E-state index in [2.05, 4.69) is 5.32 Å². The number of sulfonamides is 1. The summed E-state index contributed by atoms with van der Waals surface area (Å²) in [6.45, 7) is 3.03. The Hall–Kier alpha value is -0.660. The highest BCUT2D eigenvalue weighted by molar-refractivity contribution is 7.88. The van der Waals surface area contributed by atoms with Gasteiger partial charge in [-0.15, -0.1) is 0 Å². The number of amides is 1. The fourth-order valence-electron chi connectivity index (χ4n) is 2.56. The Kier molecular flexibility index (Phi) is 6.91. The summed E-state index contributed by atoms with van der Waals surface area (Å²) in [5.74, 6) is 0.0192. The van der Waals surface area contributed by atoms with Crippen molar-refractivity contribution in [3.05, 3.63) is 0 Å². The molecule has 1 fully saturated rings. The second kappa shape index (κ2) is 7.95. The van der Waals surface area contributed by atoms with Gasteiger partial charge in [-0.2, -0.15) is 4.31 Å². The fourth-order valence-corrected chi connectivity index (χ4v) is 3.68. The van der Waals surface area contributed by atoms with Crippen LogP contribution < -0.4 is 5.32 Å². The minimum Gasteiger partial charge on any atom is -0.396 e. The van der Waals surface area contributed by atoms with Gasteiger partial charge in [-0.1, -0.05) is 19.8 Å². The number of nitrogens with zero attached hydrogens (tertiary/aromatic N) is 1. The molecule has 7 heteroatoms. The lowest BCUT2D eigenvalue weighted by molar-refractivity contribution is -0.125. The lowest BCUT2D eigenvalue weighted by Crippen LogP contribution is -2.52. The highest BCUT2D eigenvalue weighted by atomic mass is 32.2. The summed E-state index contributed by atoms with van der Waals surface area (Å²) in [7, 11) is -3.34. The van der Waals surface area contributed by atoms with E-state index in [1.165, 1.54) is 4.31 Å². The zero-order valence-corrected chi connectivity index (χ0v) is 13.2. The van der Waals surface area contributed by atoms with Gasteiger partial charge in [0.1, 0.15) is 6.04 Å². The number of nitrogens with one attached hydrogen (secondary N) is 1. The third-order valence-electron chi connectivity index (χ3n) is 3.86. The molecule has 2 unspecified atom stereocenters. The van der Waals surface area contributed by atoms with Crippen LogP contribution in [0.15, 0.2) is 0 Å². The zero-order valence-electron chi connectivity index (χ0n) is 12.3. The van der Waals surface area contributed by atoms with Crippen molar-refractivity contribution in [3.63, 3.8) is 0 Å². The van der Waals surface area contributed by atoms with E-state index in [-0.39, 0.29) is 18.4 Å². The number of aliphatic hydroxyl groups is 1. The summed E-state index contributed by atoms with van der Waals surface area (Å²) >= 11 is 0. The Balaban J connectivity index is 2.60. The summed E-state index contributed by atoms with van der Waals surface area (Å²) in [5.41, 5.74) is 0. The van der Waals surface area contributed by atoms with E-state index in [1.54, 1.807) is 0 Å². The van der Waals surface area contributed by atoms with Crippen LogP contribution in [0.4, 0.5) is 0 Å². The average molecular weight is 306 g/mol. The molecule has 20 heavy (non-hydrogen) atoms. The van der Waals surface area contributed by atoms with E-state index in [9.17, 15) is 13.2 Å². The molecule has 0 aromatic carbocycles. The highest BCUT2D eigenvalue weighted by Crippen LogP contribution is 2.20. The molecule has 0 bridgehead atoms. The number of aliphatic hydroxyl groups excluding tert-OH is 1. The molecule has 1 aliphatic heterocycles. The maximum absolute atomic E-state index is 12.2. The van der Waals surface area contributed by atoms with Crippen LogP contribution in [0.5, 0.6) is 0 Å². The van der Waals surface area contributed by atoms with Crippen LogP contribution in [0, 0.1) is 5.92 Å². The molecule has 1 amide bonds. The van der Waals surface area contributed by atoms with Crippen molar-refractivity contribution in [2.45, 2.75) is 45.1 Å². The van der Waals surface area contributed by atoms with Crippen LogP contribution in [0.3, 0.4) is 0 Å². The lowest BCUT2D eigenvalue weighted by Gasteiger charge is -2.32. The van der Waals surface area contributed by atoms with E-state index >= 15 is 0 Å². The average Bonchev–Trinajstić information content (AvgIpc) is 2.42. The molecule has 1 saturated heterocycles. The van der Waals surface area contributed by atoms with Gasteiger partial charge in [-0.3, -0.25) is 4.79 Å². The normalized spacial score (nSPS) is 22.4. The maximum atomic E-state index is 12.2. The number of hydrogen-bond acceptors (Lipinski definition) is 4. The van der Waals surface area contributed by atoms with Crippen molar-refractivity contribution in [1.82, 2.24) is 9.62 Å². The summed E-state index contributed by atoms with van der Waals surface area (Å²) in [4.78, 5) is 12.2. The quantitative estimate of drug-likeness (QED) is 0.709. The van der Waals surface area contributed by atoms with E-state index in [4.69, 9.17) is 5.11 Å². The minimum absolute atomic E-state index is 0.104. The summed E-state index contributed by atoms with van der Waals surface area (Å²) < 4.78 is 24.7. The Morgan fingerprint density at radius 1 is 1.45 bits per heavy atom. The lowest BCUT2D eigenvalue weighted by atomic mass is 10.0. The highest BCUT2D eigenvalue weighted by Gasteiger charge is 2.34. The molecule has 0 spiro atoms. The Morgan fingerprint density at radius 3 is 2.70 bits per heavy atom. The fraction of sp³-hybridized carbons (Fsp3) is 0.923. The first-order valence-electron chi connectivity index (χ1n) is 7.25. The minimum atomic E-state index is -3.34. The molecule has 118 valence electrons. The third-order valence-corrected chi connectivity index (χ3v) is 5.15. The van der Waals surface area contributed by atoms with Crippen molar-refractivity contribution < 1.29 is 18.3 Å². The van der Waals surface area contributed by atoms with E-state index in [0.29, 0.717) is 25.9 Å². The topological polar surface area (TPSA) is 86.7 Å². The van der Waals surface area contributed by atoms with Crippen molar-refractivity contribution in [2.75, 3.05) is 26.0 Å². The Labute approximate surface area is 121 Å². The molecular weight excluding hydrogens is 280 g/mol. The van der Waals surface area contributed by atoms with Gasteiger partial charge >= 0.3 is 0 Å². The second-order valence-corrected chi connectivity index (χ2v) is 7.35. The zero-order chi connectivity index (χ0) is 15.2. The van der Waals surface area contributed by atoms with Crippen LogP contribution in [0.25, 0.3) is 0 Å². The number of carbonyl (C=O) groups is 1. The number of piperidine rings is 1. The molecule has 1 rings (SSSR count). The molecule has 2 N–H and O–H groups in total. The Bertz CT molecular complexity index is 411. The predicted molar refractivity (Wildman–Crippen MR) is 77.7 cm³/mol. The monoisotopic (exact) mass is 306 g/mol. The third kappa shape index (κ3) is 5.03. The second-order valence-electron chi connectivity index (χ2n) is 5.42. The van der Waals surface area contributed by atoms with E-state index < -0.39 is 16.1 Å². The van der Waals surface area contributed by atoms with Gasteiger partial charge < -0.3 is 10.4 Å². The molecule has 6 nitrogen and oxygen atoms in total. The van der Waals surface area contributed by atoms with Crippen LogP contribution in [-0.2, 0) is 14.8 Å². The van der Waals surface area contributed by atoms with Crippen molar-refractivity contribution in [1.29, 1.82) is 0 Å². The standard InChI is InChI=1S/C13H26N2O4S/c1-3-11(7-9-16)10-14-13(17)12-6-4-5-8-15(12)20(2,18)19/h11-12,16H,3-10H2,1-2H3,(H,14,17). The van der Waals surface area contributed by atoms with Crippen LogP contribution >= 0.6 is 0 Å². The predicted octanol–water partition coefficient (Wildman–Crippen LogP) is 0.325. The molecule has 1 heterocycles. The van der Waals surface area contributed by atoms with Crippen LogP contribution in [-0.4, -0.2) is 55.7 Å². The number of carbonyl (C=O) groups excluding carboxylic acids is 1. The van der Waals surface area contributed by atoms with E-state index in [1.807, 2.05) is 6.92 Å². The van der Waals surface area contributed by atoms with Gasteiger partial charge in [0.2, 0.25) is 15.9 Å². The molecule has 0 aromatic rings. The summed E-state index contributed by atoms with van der Waals surface area (Å²) in [6.07, 6.45) is 4.93. The largest absolute Gasteiger partial charge is 0.396 e. The van der Waals surface area contributed by atoms with Crippen molar-refractivity contribution in [3.8, 4) is 0 Å². The Morgan fingerprint density at radius 2 is 2.15 bits per heavy atom. The van der Waals surface area contributed by atoms with Gasteiger partial charge in [0.05, 0.1) is 6.26 Å². The summed E-state index contributed by atoms with van der Waals surface area (Å²) in [6, 6.07) is -0.578. The first-order valence-corrected chi connectivity index (χ1v) is 9.10. The first-order chi connectivity index (χ1) is 9.40. The molecule has 1 aliphatic rings. The van der Waals surface area contributed by atoms with Gasteiger partial charge in [-0.25, -0.2) is 8.42 Å². The molecule has 0 saturated carbocycles. The van der Waals surface area contributed by atoms with Gasteiger partial charge in [0.15, 0.2) is 0 Å². The SMILES string of the molecule is CCC(CCO)CNC(=O)C1CCCCN1S(C)(=O)=O. The molecule has 0 radical (unpaired) electrons. The van der Waals surface area contributed by atoms with Crippen molar-refractivity contribution in [2.24, 2.45) is 5.92 Å². The van der Waals surface area contributed by atoms with Crippen LogP contribution in [0.1, 0.15) is 39.0 Å².